The van der Waals surface area contributed by atoms with Gasteiger partial charge in [-0.3, -0.25) is 0 Å². The Bertz CT molecular complexity index is 374. The van der Waals surface area contributed by atoms with Gasteiger partial charge in [-0.2, -0.15) is 5.26 Å². The molecular weight excluding hydrogens is 150 g/mol. The predicted molar refractivity (Wildman–Crippen MR) is 47.5 cm³/mol. The van der Waals surface area contributed by atoms with Crippen LogP contribution >= 0.6 is 0 Å². The lowest BCUT2D eigenvalue weighted by molar-refractivity contribution is 1.42. The van der Waals surface area contributed by atoms with Crippen LogP contribution in [0.2, 0.25) is 0 Å². The van der Waals surface area contributed by atoms with E-state index in [4.69, 9.17) is 5.26 Å². The predicted octanol–water partition coefficient (Wildman–Crippen LogP) is 1.87. The van der Waals surface area contributed by atoms with Crippen molar-refractivity contribution in [2.45, 2.75) is 0 Å². The maximum absolute atomic E-state index is 8.75. The molecule has 0 aliphatic carbocycles. The first kappa shape index (κ1) is 6.74. The van der Waals surface area contributed by atoms with E-state index in [0.717, 1.165) is 11.4 Å². The van der Waals surface area contributed by atoms with Gasteiger partial charge in [0.15, 0.2) is 0 Å². The Morgan fingerprint density at radius 3 is 2.83 bits per heavy atom. The lowest BCUT2D eigenvalue weighted by Crippen LogP contribution is -2.03. The number of rotatable bonds is 0. The molecule has 2 N–H and O–H groups in total. The van der Waals surface area contributed by atoms with Gasteiger partial charge in [0.25, 0.3) is 0 Å². The maximum atomic E-state index is 8.75. The van der Waals surface area contributed by atoms with Crippen molar-refractivity contribution in [3.63, 3.8) is 0 Å². The van der Waals surface area contributed by atoms with Gasteiger partial charge in [0, 0.05) is 12.4 Å². The zero-order chi connectivity index (χ0) is 8.39. The quantitative estimate of drug-likeness (QED) is 0.604. The fourth-order valence-electron chi connectivity index (χ4n) is 1.18. The van der Waals surface area contributed by atoms with Crippen LogP contribution in [0.15, 0.2) is 30.6 Å². The van der Waals surface area contributed by atoms with E-state index in [9.17, 15) is 0 Å². The maximum Gasteiger partial charge on any atom is 0.101 e. The largest absolute Gasteiger partial charge is 0.359 e. The van der Waals surface area contributed by atoms with E-state index in [1.165, 1.54) is 0 Å². The molecule has 0 spiro atoms. The molecule has 1 aromatic rings. The van der Waals surface area contributed by atoms with Crippen LogP contribution in [0.25, 0.3) is 0 Å². The number of hydrogen-bond donors (Lipinski definition) is 2. The van der Waals surface area contributed by atoms with Crippen LogP contribution in [0.5, 0.6) is 0 Å². The number of nitrogens with one attached hydrogen (secondary N) is 2. The number of anilines is 2. The molecule has 2 rings (SSSR count). The Kier molecular flexibility index (Phi) is 1.45. The molecular formula is C9H7N3. The lowest BCUT2D eigenvalue weighted by Gasteiger charge is -2.14. The molecule has 1 heterocycles. The Labute approximate surface area is 70.3 Å². The second-order valence-electron chi connectivity index (χ2n) is 2.46. The fraction of sp³-hybridized carbons (Fsp3) is 0. The summed E-state index contributed by atoms with van der Waals surface area (Å²) >= 11 is 0. The Morgan fingerprint density at radius 1 is 1.17 bits per heavy atom. The van der Waals surface area contributed by atoms with Crippen LogP contribution in [0.4, 0.5) is 11.4 Å². The summed E-state index contributed by atoms with van der Waals surface area (Å²) in [6.07, 6.45) is 3.56. The van der Waals surface area contributed by atoms with Gasteiger partial charge in [0.2, 0.25) is 0 Å². The van der Waals surface area contributed by atoms with E-state index in [1.54, 1.807) is 18.5 Å². The number of nitriles is 1. The summed E-state index contributed by atoms with van der Waals surface area (Å²) in [5.41, 5.74) is 2.45. The summed E-state index contributed by atoms with van der Waals surface area (Å²) in [5.74, 6) is 0. The van der Waals surface area contributed by atoms with Gasteiger partial charge in [-0.05, 0) is 12.1 Å². The van der Waals surface area contributed by atoms with E-state index in [-0.39, 0.29) is 0 Å². The highest BCUT2D eigenvalue weighted by Gasteiger charge is 2.07. The van der Waals surface area contributed by atoms with Gasteiger partial charge in [-0.25, -0.2) is 0 Å². The van der Waals surface area contributed by atoms with Gasteiger partial charge in [-0.15, -0.1) is 0 Å². The normalized spacial score (nSPS) is 12.2. The summed E-state index contributed by atoms with van der Waals surface area (Å²) in [6, 6.07) is 7.68. The van der Waals surface area contributed by atoms with Crippen molar-refractivity contribution in [3.8, 4) is 6.07 Å². The summed E-state index contributed by atoms with van der Waals surface area (Å²) in [6.45, 7) is 0. The highest BCUT2D eigenvalue weighted by atomic mass is 15.0. The summed E-state index contributed by atoms with van der Waals surface area (Å²) in [4.78, 5) is 0. The second kappa shape index (κ2) is 2.59. The van der Waals surface area contributed by atoms with Gasteiger partial charge >= 0.3 is 0 Å². The number of hydrogen-bond acceptors (Lipinski definition) is 3. The molecule has 12 heavy (non-hydrogen) atoms. The SMILES string of the molecule is N#Cc1cccc2c1NC=CN2. The molecule has 1 aliphatic rings. The average Bonchev–Trinajstić information content (AvgIpc) is 2.17. The summed E-state index contributed by atoms with van der Waals surface area (Å²) < 4.78 is 0. The topological polar surface area (TPSA) is 47.9 Å². The number of benzene rings is 1. The average molecular weight is 157 g/mol. The van der Waals surface area contributed by atoms with E-state index >= 15 is 0 Å². The van der Waals surface area contributed by atoms with Crippen molar-refractivity contribution in [3.05, 3.63) is 36.2 Å². The molecule has 0 fully saturated rings. The van der Waals surface area contributed by atoms with Gasteiger partial charge in [-0.1, -0.05) is 6.07 Å². The molecule has 0 atom stereocenters. The van der Waals surface area contributed by atoms with Crippen LogP contribution in [-0.2, 0) is 0 Å². The number of fused-ring (bicyclic) bond motifs is 1. The fourth-order valence-corrected chi connectivity index (χ4v) is 1.18. The molecule has 1 aromatic carbocycles. The molecule has 58 valence electrons. The van der Waals surface area contributed by atoms with Crippen LogP contribution < -0.4 is 10.6 Å². The first-order valence-electron chi connectivity index (χ1n) is 3.63. The van der Waals surface area contributed by atoms with Crippen LogP contribution in [0.1, 0.15) is 5.56 Å². The van der Waals surface area contributed by atoms with Crippen molar-refractivity contribution in [1.29, 1.82) is 5.26 Å². The molecule has 0 amide bonds. The molecule has 0 aromatic heterocycles. The number of para-hydroxylation sites is 1. The van der Waals surface area contributed by atoms with E-state index in [0.29, 0.717) is 5.56 Å². The smallest absolute Gasteiger partial charge is 0.101 e. The molecule has 0 saturated carbocycles. The van der Waals surface area contributed by atoms with Crippen LogP contribution in [0, 0.1) is 11.3 Å². The Morgan fingerprint density at radius 2 is 2.00 bits per heavy atom. The highest BCUT2D eigenvalue weighted by molar-refractivity contribution is 5.78. The standard InChI is InChI=1S/C9H7N3/c10-6-7-2-1-3-8-9(7)12-5-4-11-8/h1-5,11-12H. The van der Waals surface area contributed by atoms with Gasteiger partial charge in [0.1, 0.15) is 6.07 Å². The molecule has 0 saturated heterocycles. The summed E-state index contributed by atoms with van der Waals surface area (Å²) in [5, 5.41) is 14.8. The van der Waals surface area contributed by atoms with Crippen molar-refractivity contribution in [1.82, 2.24) is 0 Å². The van der Waals surface area contributed by atoms with E-state index in [1.807, 2.05) is 12.1 Å². The molecule has 3 heteroatoms. The zero-order valence-corrected chi connectivity index (χ0v) is 6.33. The molecule has 3 nitrogen and oxygen atoms in total. The second-order valence-corrected chi connectivity index (χ2v) is 2.46. The first-order chi connectivity index (χ1) is 5.92. The van der Waals surface area contributed by atoms with Crippen molar-refractivity contribution in [2.24, 2.45) is 0 Å². The highest BCUT2D eigenvalue weighted by Crippen LogP contribution is 2.27. The minimum atomic E-state index is 0.657. The Balaban J connectivity index is 2.58. The first-order valence-corrected chi connectivity index (χ1v) is 3.63. The molecule has 0 bridgehead atoms. The summed E-state index contributed by atoms with van der Waals surface area (Å²) in [7, 11) is 0. The third-order valence-corrected chi connectivity index (χ3v) is 1.73. The number of nitrogens with zero attached hydrogens (tertiary/aromatic N) is 1. The molecule has 1 aliphatic heterocycles. The van der Waals surface area contributed by atoms with Gasteiger partial charge in [0.05, 0.1) is 16.9 Å². The minimum absolute atomic E-state index is 0.657. The third-order valence-electron chi connectivity index (χ3n) is 1.73. The molecule has 0 radical (unpaired) electrons. The van der Waals surface area contributed by atoms with Crippen molar-refractivity contribution >= 4 is 11.4 Å². The molecule has 0 unspecified atom stereocenters. The van der Waals surface area contributed by atoms with Crippen LogP contribution in [-0.4, -0.2) is 0 Å². The van der Waals surface area contributed by atoms with Gasteiger partial charge < -0.3 is 10.6 Å². The van der Waals surface area contributed by atoms with E-state index < -0.39 is 0 Å². The monoisotopic (exact) mass is 157 g/mol. The Hall–Kier alpha value is -1.95. The van der Waals surface area contributed by atoms with Crippen LogP contribution in [0.3, 0.4) is 0 Å². The van der Waals surface area contributed by atoms with Crippen molar-refractivity contribution < 1.29 is 0 Å². The lowest BCUT2D eigenvalue weighted by atomic mass is 10.1. The van der Waals surface area contributed by atoms with Crippen molar-refractivity contribution in [2.75, 3.05) is 10.6 Å². The zero-order valence-electron chi connectivity index (χ0n) is 6.33. The third kappa shape index (κ3) is 0.903. The van der Waals surface area contributed by atoms with E-state index in [2.05, 4.69) is 16.7 Å². The minimum Gasteiger partial charge on any atom is -0.359 e.